The lowest BCUT2D eigenvalue weighted by Crippen LogP contribution is -2.05. The largest absolute Gasteiger partial charge is 0.338 e. The van der Waals surface area contributed by atoms with E-state index in [1.807, 2.05) is 31.2 Å². The predicted molar refractivity (Wildman–Crippen MR) is 63.8 cm³/mol. The van der Waals surface area contributed by atoms with Crippen molar-refractivity contribution in [2.75, 3.05) is 0 Å². The van der Waals surface area contributed by atoms with E-state index in [9.17, 15) is 0 Å². The molecule has 0 radical (unpaired) electrons. The molecule has 0 unspecified atom stereocenters. The maximum atomic E-state index is 5.64. The van der Waals surface area contributed by atoms with Crippen LogP contribution in [0, 0.1) is 0 Å². The fraction of sp³-hybridized carbons (Fsp3) is 0.273. The lowest BCUT2D eigenvalue weighted by Gasteiger charge is -1.96. The van der Waals surface area contributed by atoms with Gasteiger partial charge in [-0.2, -0.15) is 4.98 Å². The molecule has 2 rings (SSSR count). The molecule has 4 nitrogen and oxygen atoms in total. The van der Waals surface area contributed by atoms with Crippen LogP contribution in [-0.2, 0) is 6.42 Å². The molecule has 5 heteroatoms. The van der Waals surface area contributed by atoms with Crippen LogP contribution in [0.2, 0.25) is 0 Å². The van der Waals surface area contributed by atoms with Crippen LogP contribution in [0.5, 0.6) is 0 Å². The van der Waals surface area contributed by atoms with E-state index in [1.165, 1.54) is 0 Å². The van der Waals surface area contributed by atoms with E-state index < -0.39 is 0 Å². The first kappa shape index (κ1) is 11.3. The van der Waals surface area contributed by atoms with Crippen LogP contribution in [0.15, 0.2) is 33.3 Å². The summed E-state index contributed by atoms with van der Waals surface area (Å²) in [5, 5.41) is 3.88. The smallest absolute Gasteiger partial charge is 0.243 e. The van der Waals surface area contributed by atoms with Gasteiger partial charge < -0.3 is 10.3 Å². The SMILES string of the molecule is C[C@H](N)c1nc(Cc2ccc(Br)cc2)no1. The summed E-state index contributed by atoms with van der Waals surface area (Å²) in [7, 11) is 0. The standard InChI is InChI=1S/C11H12BrN3O/c1-7(13)11-14-10(15-16-11)6-8-2-4-9(12)5-3-8/h2-5,7H,6,13H2,1H3/t7-/m0/s1. The Morgan fingerprint density at radius 3 is 2.62 bits per heavy atom. The second-order valence-electron chi connectivity index (χ2n) is 3.64. The zero-order chi connectivity index (χ0) is 11.5. The Kier molecular flexibility index (Phi) is 3.36. The maximum absolute atomic E-state index is 5.64. The number of nitrogens with zero attached hydrogens (tertiary/aromatic N) is 2. The second-order valence-corrected chi connectivity index (χ2v) is 4.56. The summed E-state index contributed by atoms with van der Waals surface area (Å²) < 4.78 is 6.08. The van der Waals surface area contributed by atoms with Gasteiger partial charge in [0, 0.05) is 10.9 Å². The fourth-order valence-electron chi connectivity index (χ4n) is 1.31. The first-order valence-corrected chi connectivity index (χ1v) is 5.77. The number of hydrogen-bond donors (Lipinski definition) is 1. The van der Waals surface area contributed by atoms with Gasteiger partial charge in [0.2, 0.25) is 5.89 Å². The molecule has 1 heterocycles. The third kappa shape index (κ3) is 2.68. The third-order valence-electron chi connectivity index (χ3n) is 2.15. The lowest BCUT2D eigenvalue weighted by atomic mass is 10.1. The van der Waals surface area contributed by atoms with E-state index in [-0.39, 0.29) is 6.04 Å². The minimum atomic E-state index is -0.217. The van der Waals surface area contributed by atoms with Crippen LogP contribution in [0.25, 0.3) is 0 Å². The molecule has 2 N–H and O–H groups in total. The van der Waals surface area contributed by atoms with Gasteiger partial charge in [-0.1, -0.05) is 33.2 Å². The zero-order valence-corrected chi connectivity index (χ0v) is 10.4. The summed E-state index contributed by atoms with van der Waals surface area (Å²) in [6.45, 7) is 1.82. The summed E-state index contributed by atoms with van der Waals surface area (Å²) in [6.07, 6.45) is 0.656. The van der Waals surface area contributed by atoms with Gasteiger partial charge in [0.1, 0.15) is 0 Å². The third-order valence-corrected chi connectivity index (χ3v) is 2.68. The van der Waals surface area contributed by atoms with E-state index in [0.717, 1.165) is 10.0 Å². The van der Waals surface area contributed by atoms with Crippen LogP contribution < -0.4 is 5.73 Å². The maximum Gasteiger partial charge on any atom is 0.243 e. The first-order valence-electron chi connectivity index (χ1n) is 4.97. The van der Waals surface area contributed by atoms with Crippen molar-refractivity contribution in [3.8, 4) is 0 Å². The van der Waals surface area contributed by atoms with Gasteiger partial charge in [-0.05, 0) is 24.6 Å². The highest BCUT2D eigenvalue weighted by Crippen LogP contribution is 2.14. The Labute approximate surface area is 102 Å². The molecular weight excluding hydrogens is 270 g/mol. The molecule has 1 aromatic heterocycles. The fourth-order valence-corrected chi connectivity index (χ4v) is 1.57. The monoisotopic (exact) mass is 281 g/mol. The highest BCUT2D eigenvalue weighted by molar-refractivity contribution is 9.10. The Bertz CT molecular complexity index is 464. The minimum absolute atomic E-state index is 0.217. The van der Waals surface area contributed by atoms with Gasteiger partial charge in [-0.25, -0.2) is 0 Å². The molecule has 2 aromatic rings. The topological polar surface area (TPSA) is 64.9 Å². The van der Waals surface area contributed by atoms with Crippen molar-refractivity contribution in [3.63, 3.8) is 0 Å². The van der Waals surface area contributed by atoms with Gasteiger partial charge in [-0.15, -0.1) is 0 Å². The van der Waals surface area contributed by atoms with Crippen LogP contribution in [0.4, 0.5) is 0 Å². The van der Waals surface area contributed by atoms with Crippen LogP contribution in [0.3, 0.4) is 0 Å². The van der Waals surface area contributed by atoms with Crippen LogP contribution >= 0.6 is 15.9 Å². The van der Waals surface area contributed by atoms with E-state index in [0.29, 0.717) is 18.1 Å². The summed E-state index contributed by atoms with van der Waals surface area (Å²) in [5.74, 6) is 1.14. The van der Waals surface area contributed by atoms with E-state index >= 15 is 0 Å². The summed E-state index contributed by atoms with van der Waals surface area (Å²) in [5.41, 5.74) is 6.78. The van der Waals surface area contributed by atoms with Crippen molar-refractivity contribution < 1.29 is 4.52 Å². The highest BCUT2D eigenvalue weighted by atomic mass is 79.9. The number of aromatic nitrogens is 2. The summed E-state index contributed by atoms with van der Waals surface area (Å²) in [6, 6.07) is 7.80. The average molecular weight is 282 g/mol. The summed E-state index contributed by atoms with van der Waals surface area (Å²) in [4.78, 5) is 4.21. The van der Waals surface area contributed by atoms with Crippen LogP contribution in [0.1, 0.15) is 30.2 Å². The van der Waals surface area contributed by atoms with Crippen molar-refractivity contribution in [1.82, 2.24) is 10.1 Å². The van der Waals surface area contributed by atoms with Gasteiger partial charge in [0.15, 0.2) is 5.82 Å². The lowest BCUT2D eigenvalue weighted by molar-refractivity contribution is 0.358. The molecule has 0 aliphatic rings. The van der Waals surface area contributed by atoms with E-state index in [1.54, 1.807) is 0 Å². The second kappa shape index (κ2) is 4.76. The van der Waals surface area contributed by atoms with Crippen LogP contribution in [-0.4, -0.2) is 10.1 Å². The Morgan fingerprint density at radius 1 is 1.38 bits per heavy atom. The van der Waals surface area contributed by atoms with Gasteiger partial charge in [0.05, 0.1) is 6.04 Å². The molecule has 16 heavy (non-hydrogen) atoms. The first-order chi connectivity index (χ1) is 7.65. The van der Waals surface area contributed by atoms with Crippen molar-refractivity contribution >= 4 is 15.9 Å². The van der Waals surface area contributed by atoms with Crippen molar-refractivity contribution in [2.45, 2.75) is 19.4 Å². The number of hydrogen-bond acceptors (Lipinski definition) is 4. The number of halogens is 1. The normalized spacial score (nSPS) is 12.7. The minimum Gasteiger partial charge on any atom is -0.338 e. The predicted octanol–water partition coefficient (Wildman–Crippen LogP) is 2.44. The molecule has 1 aromatic carbocycles. The number of nitrogens with two attached hydrogens (primary N) is 1. The Morgan fingerprint density at radius 2 is 2.06 bits per heavy atom. The van der Waals surface area contributed by atoms with Crippen molar-refractivity contribution in [3.05, 3.63) is 46.0 Å². The molecule has 0 aliphatic heterocycles. The molecule has 0 saturated carbocycles. The number of rotatable bonds is 3. The Balaban J connectivity index is 2.11. The molecule has 0 saturated heterocycles. The van der Waals surface area contributed by atoms with Crippen molar-refractivity contribution in [1.29, 1.82) is 0 Å². The molecule has 0 aliphatic carbocycles. The Hall–Kier alpha value is -1.20. The molecule has 1 atom stereocenters. The average Bonchev–Trinajstić information content (AvgIpc) is 2.70. The van der Waals surface area contributed by atoms with Gasteiger partial charge >= 0.3 is 0 Å². The van der Waals surface area contributed by atoms with E-state index in [2.05, 4.69) is 26.1 Å². The molecular formula is C11H12BrN3O. The molecule has 0 spiro atoms. The molecule has 0 bridgehead atoms. The van der Waals surface area contributed by atoms with E-state index in [4.69, 9.17) is 10.3 Å². The molecule has 0 amide bonds. The number of benzene rings is 1. The van der Waals surface area contributed by atoms with Crippen molar-refractivity contribution in [2.24, 2.45) is 5.73 Å². The molecule has 84 valence electrons. The zero-order valence-electron chi connectivity index (χ0n) is 8.85. The highest BCUT2D eigenvalue weighted by Gasteiger charge is 2.10. The summed E-state index contributed by atoms with van der Waals surface area (Å²) >= 11 is 3.39. The quantitative estimate of drug-likeness (QED) is 0.939. The molecule has 0 fully saturated rings. The van der Waals surface area contributed by atoms with Gasteiger partial charge in [-0.3, -0.25) is 0 Å². The van der Waals surface area contributed by atoms with Gasteiger partial charge in [0.25, 0.3) is 0 Å².